The highest BCUT2D eigenvalue weighted by Gasteiger charge is 2.29. The number of benzene rings is 1. The Labute approximate surface area is 172 Å². The quantitative estimate of drug-likeness (QED) is 0.635. The first-order valence-electron chi connectivity index (χ1n) is 8.95. The number of hydrogen-bond acceptors (Lipinski definition) is 6. The lowest BCUT2D eigenvalue weighted by Gasteiger charge is -2.40. The van der Waals surface area contributed by atoms with Gasteiger partial charge in [-0.3, -0.25) is 4.79 Å². The van der Waals surface area contributed by atoms with Crippen LogP contribution in [-0.4, -0.2) is 46.5 Å². The van der Waals surface area contributed by atoms with Crippen LogP contribution in [0.3, 0.4) is 0 Å². The first-order valence-corrected chi connectivity index (χ1v) is 10.2. The van der Waals surface area contributed by atoms with Crippen molar-refractivity contribution in [1.29, 1.82) is 0 Å². The minimum Gasteiger partial charge on any atom is -0.439 e. The zero-order valence-electron chi connectivity index (χ0n) is 15.3. The molecule has 4 rings (SSSR count). The first kappa shape index (κ1) is 18.7. The molecule has 0 saturated carbocycles. The van der Waals surface area contributed by atoms with E-state index in [0.717, 1.165) is 10.7 Å². The lowest BCUT2D eigenvalue weighted by Crippen LogP contribution is -2.54. The van der Waals surface area contributed by atoms with Crippen molar-refractivity contribution >= 4 is 34.7 Å². The van der Waals surface area contributed by atoms with E-state index in [1.165, 1.54) is 17.7 Å². The predicted octanol–water partition coefficient (Wildman–Crippen LogP) is 4.33. The van der Waals surface area contributed by atoms with E-state index in [1.807, 2.05) is 28.5 Å². The maximum Gasteiger partial charge on any atom is 0.264 e. The highest BCUT2D eigenvalue weighted by atomic mass is 35.5. The number of nitrogens with zero attached hydrogens (tertiary/aromatic N) is 4. The summed E-state index contributed by atoms with van der Waals surface area (Å²) in [4.78, 5) is 26.1. The second-order valence-corrected chi connectivity index (χ2v) is 7.93. The van der Waals surface area contributed by atoms with Gasteiger partial charge < -0.3 is 14.5 Å². The van der Waals surface area contributed by atoms with Gasteiger partial charge in [0.1, 0.15) is 17.9 Å². The standard InChI is InChI=1S/C20H19ClN4O2S/c1-14-12-24(8-9-25(14)20(26)17-3-2-10-28-17)18-11-19(23-13-22-18)27-16-6-4-15(21)5-7-16/h2-7,10-11,13-14H,8-9,12H2,1H3. The molecule has 28 heavy (non-hydrogen) atoms. The number of amides is 1. The lowest BCUT2D eigenvalue weighted by molar-refractivity contribution is 0.0678. The monoisotopic (exact) mass is 414 g/mol. The number of piperazine rings is 1. The van der Waals surface area contributed by atoms with Crippen LogP contribution in [0.5, 0.6) is 11.6 Å². The normalized spacial score (nSPS) is 16.9. The third-order valence-electron chi connectivity index (χ3n) is 4.61. The van der Waals surface area contributed by atoms with Gasteiger partial charge in [-0.2, -0.15) is 0 Å². The fourth-order valence-electron chi connectivity index (χ4n) is 3.19. The van der Waals surface area contributed by atoms with E-state index in [-0.39, 0.29) is 11.9 Å². The van der Waals surface area contributed by atoms with Crippen LogP contribution in [0.2, 0.25) is 5.02 Å². The molecule has 3 aromatic rings. The van der Waals surface area contributed by atoms with Crippen LogP contribution < -0.4 is 9.64 Å². The van der Waals surface area contributed by atoms with Crippen molar-refractivity contribution in [2.75, 3.05) is 24.5 Å². The van der Waals surface area contributed by atoms with Crippen molar-refractivity contribution in [2.45, 2.75) is 13.0 Å². The number of aromatic nitrogens is 2. The number of hydrogen-bond donors (Lipinski definition) is 0. The van der Waals surface area contributed by atoms with Crippen molar-refractivity contribution in [3.05, 3.63) is 64.1 Å². The largest absolute Gasteiger partial charge is 0.439 e. The maximum absolute atomic E-state index is 12.7. The Morgan fingerprint density at radius 2 is 2.04 bits per heavy atom. The van der Waals surface area contributed by atoms with E-state index in [0.29, 0.717) is 36.3 Å². The molecule has 1 aromatic carbocycles. The van der Waals surface area contributed by atoms with Gasteiger partial charge in [-0.25, -0.2) is 9.97 Å². The highest BCUT2D eigenvalue weighted by Crippen LogP contribution is 2.25. The molecule has 1 unspecified atom stereocenters. The SMILES string of the molecule is CC1CN(c2cc(Oc3ccc(Cl)cc3)ncn2)CCN1C(=O)c1cccs1. The van der Waals surface area contributed by atoms with E-state index < -0.39 is 0 Å². The second kappa shape index (κ2) is 8.16. The Morgan fingerprint density at radius 1 is 1.21 bits per heavy atom. The second-order valence-electron chi connectivity index (χ2n) is 6.54. The topological polar surface area (TPSA) is 58.6 Å². The molecule has 1 fully saturated rings. The van der Waals surface area contributed by atoms with Crippen molar-refractivity contribution in [1.82, 2.24) is 14.9 Å². The minimum atomic E-state index is 0.0824. The average molecular weight is 415 g/mol. The average Bonchev–Trinajstić information content (AvgIpc) is 3.24. The number of rotatable bonds is 4. The molecular weight excluding hydrogens is 396 g/mol. The van der Waals surface area contributed by atoms with E-state index in [4.69, 9.17) is 16.3 Å². The third kappa shape index (κ3) is 4.10. The fourth-order valence-corrected chi connectivity index (χ4v) is 4.00. The van der Waals surface area contributed by atoms with Crippen molar-refractivity contribution in [3.8, 4) is 11.6 Å². The number of ether oxygens (including phenoxy) is 1. The number of anilines is 1. The van der Waals surface area contributed by atoms with Crippen LogP contribution in [0.4, 0.5) is 5.82 Å². The van der Waals surface area contributed by atoms with Gasteiger partial charge in [0.15, 0.2) is 0 Å². The van der Waals surface area contributed by atoms with E-state index in [2.05, 4.69) is 21.8 Å². The Hall–Kier alpha value is -2.64. The van der Waals surface area contributed by atoms with Gasteiger partial charge in [0.25, 0.3) is 5.91 Å². The molecule has 8 heteroatoms. The van der Waals surface area contributed by atoms with Crippen LogP contribution >= 0.6 is 22.9 Å². The molecule has 0 spiro atoms. The summed E-state index contributed by atoms with van der Waals surface area (Å²) in [7, 11) is 0. The van der Waals surface area contributed by atoms with Crippen LogP contribution in [-0.2, 0) is 0 Å². The molecule has 0 radical (unpaired) electrons. The summed E-state index contributed by atoms with van der Waals surface area (Å²) >= 11 is 7.38. The first-order chi connectivity index (χ1) is 13.6. The molecule has 0 bridgehead atoms. The lowest BCUT2D eigenvalue weighted by atomic mass is 10.2. The van der Waals surface area contributed by atoms with Crippen molar-refractivity contribution in [3.63, 3.8) is 0 Å². The van der Waals surface area contributed by atoms with Crippen LogP contribution in [0.15, 0.2) is 54.2 Å². The van der Waals surface area contributed by atoms with Gasteiger partial charge in [-0.1, -0.05) is 17.7 Å². The Kier molecular flexibility index (Phi) is 5.45. The number of carbonyl (C=O) groups excluding carboxylic acids is 1. The van der Waals surface area contributed by atoms with Gasteiger partial charge in [-0.05, 0) is 42.6 Å². The Morgan fingerprint density at radius 3 is 2.75 bits per heavy atom. The molecule has 0 aliphatic carbocycles. The van der Waals surface area contributed by atoms with Gasteiger partial charge in [0.05, 0.1) is 4.88 Å². The molecule has 1 aliphatic heterocycles. The number of halogens is 1. The van der Waals surface area contributed by atoms with E-state index >= 15 is 0 Å². The molecular formula is C20H19ClN4O2S. The van der Waals surface area contributed by atoms with Gasteiger partial charge in [-0.15, -0.1) is 11.3 Å². The van der Waals surface area contributed by atoms with Crippen molar-refractivity contribution < 1.29 is 9.53 Å². The zero-order valence-corrected chi connectivity index (χ0v) is 16.9. The molecule has 1 atom stereocenters. The highest BCUT2D eigenvalue weighted by molar-refractivity contribution is 7.12. The van der Waals surface area contributed by atoms with Gasteiger partial charge in [0, 0.05) is 36.8 Å². The number of carbonyl (C=O) groups is 1. The summed E-state index contributed by atoms with van der Waals surface area (Å²) in [5, 5.41) is 2.58. The van der Waals surface area contributed by atoms with Crippen molar-refractivity contribution in [2.24, 2.45) is 0 Å². The predicted molar refractivity (Wildman–Crippen MR) is 111 cm³/mol. The minimum absolute atomic E-state index is 0.0824. The molecule has 6 nitrogen and oxygen atoms in total. The van der Waals surface area contributed by atoms with E-state index in [1.54, 1.807) is 24.3 Å². The molecule has 144 valence electrons. The third-order valence-corrected chi connectivity index (χ3v) is 5.72. The smallest absolute Gasteiger partial charge is 0.264 e. The van der Waals surface area contributed by atoms with Gasteiger partial charge in [0.2, 0.25) is 5.88 Å². The summed E-state index contributed by atoms with van der Waals surface area (Å²) in [6.45, 7) is 4.12. The fraction of sp³-hybridized carbons (Fsp3) is 0.250. The summed E-state index contributed by atoms with van der Waals surface area (Å²) in [6, 6.07) is 12.8. The van der Waals surface area contributed by atoms with E-state index in [9.17, 15) is 4.79 Å². The zero-order chi connectivity index (χ0) is 19.5. The maximum atomic E-state index is 12.7. The number of thiophene rings is 1. The molecule has 0 N–H and O–H groups in total. The molecule has 3 heterocycles. The Balaban J connectivity index is 1.44. The molecule has 1 amide bonds. The Bertz CT molecular complexity index is 949. The molecule has 1 aliphatic rings. The van der Waals surface area contributed by atoms with Crippen LogP contribution in [0.25, 0.3) is 0 Å². The summed E-state index contributed by atoms with van der Waals surface area (Å²) in [5.74, 6) is 2.01. The van der Waals surface area contributed by atoms with Crippen LogP contribution in [0, 0.1) is 0 Å². The molecule has 2 aromatic heterocycles. The van der Waals surface area contributed by atoms with Crippen LogP contribution in [0.1, 0.15) is 16.6 Å². The summed E-state index contributed by atoms with van der Waals surface area (Å²) < 4.78 is 5.80. The molecule has 1 saturated heterocycles. The summed E-state index contributed by atoms with van der Waals surface area (Å²) in [5.41, 5.74) is 0. The summed E-state index contributed by atoms with van der Waals surface area (Å²) in [6.07, 6.45) is 1.49. The van der Waals surface area contributed by atoms with Gasteiger partial charge >= 0.3 is 0 Å².